The first-order chi connectivity index (χ1) is 12.6. The van der Waals surface area contributed by atoms with Crippen molar-refractivity contribution in [3.05, 3.63) is 12.4 Å². The van der Waals surface area contributed by atoms with Crippen LogP contribution in [-0.4, -0.2) is 71.7 Å². The van der Waals surface area contributed by atoms with Crippen LogP contribution in [-0.2, 0) is 16.6 Å². The molecule has 2 heterocycles. The lowest BCUT2D eigenvalue weighted by Gasteiger charge is -2.35. The smallest absolute Gasteiger partial charge is 0.246 e. The van der Waals surface area contributed by atoms with Crippen LogP contribution < -0.4 is 15.5 Å². The molecule has 1 aliphatic carbocycles. The lowest BCUT2D eigenvalue weighted by Crippen LogP contribution is -2.55. The zero-order valence-corrected chi connectivity index (χ0v) is 18.2. The molecule has 27 heavy (non-hydrogen) atoms. The van der Waals surface area contributed by atoms with E-state index in [1.807, 2.05) is 18.1 Å². The number of aryl methyl sites for hydroxylation is 1. The van der Waals surface area contributed by atoms with Gasteiger partial charge in [-0.2, -0.15) is 5.10 Å². The molecule has 2 fully saturated rings. The van der Waals surface area contributed by atoms with Crippen molar-refractivity contribution < 1.29 is 9.59 Å². The van der Waals surface area contributed by atoms with Crippen molar-refractivity contribution in [3.63, 3.8) is 0 Å². The van der Waals surface area contributed by atoms with E-state index in [1.165, 1.54) is 0 Å². The number of hydrogen-bond donors (Lipinski definition) is 2. The van der Waals surface area contributed by atoms with Crippen molar-refractivity contribution in [3.8, 4) is 0 Å². The molecule has 1 saturated carbocycles. The normalized spacial score (nSPS) is 17.6. The molecular weight excluding hydrogens is 461 g/mol. The molecule has 0 aromatic carbocycles. The number of aromatic nitrogens is 2. The van der Waals surface area contributed by atoms with Crippen LogP contribution in [0.1, 0.15) is 25.7 Å². The van der Waals surface area contributed by atoms with Crippen molar-refractivity contribution in [2.45, 2.75) is 31.7 Å². The minimum Gasteiger partial charge on any atom is -0.356 e. The Labute approximate surface area is 176 Å². The minimum absolute atomic E-state index is 0. The number of hydrogen-bond acceptors (Lipinski definition) is 4. The number of amides is 2. The van der Waals surface area contributed by atoms with Gasteiger partial charge in [0.05, 0.1) is 11.9 Å². The fraction of sp³-hybridized carbons (Fsp3) is 0.647. The van der Waals surface area contributed by atoms with Crippen molar-refractivity contribution in [2.24, 2.45) is 12.0 Å². The van der Waals surface area contributed by atoms with Gasteiger partial charge in [-0.3, -0.25) is 19.3 Å². The van der Waals surface area contributed by atoms with Crippen LogP contribution in [0.5, 0.6) is 0 Å². The lowest BCUT2D eigenvalue weighted by atomic mass is 10.2. The molecule has 3 rings (SSSR count). The zero-order valence-electron chi connectivity index (χ0n) is 15.8. The highest BCUT2D eigenvalue weighted by Crippen LogP contribution is 2.18. The molecule has 0 radical (unpaired) electrons. The summed E-state index contributed by atoms with van der Waals surface area (Å²) in [7, 11) is 3.54. The largest absolute Gasteiger partial charge is 0.356 e. The van der Waals surface area contributed by atoms with Crippen LogP contribution in [0.2, 0.25) is 0 Å². The first kappa shape index (κ1) is 21.5. The second-order valence-electron chi connectivity index (χ2n) is 6.76. The Bertz CT molecular complexity index is 687. The van der Waals surface area contributed by atoms with Crippen LogP contribution in [0.25, 0.3) is 0 Å². The monoisotopic (exact) mass is 489 g/mol. The summed E-state index contributed by atoms with van der Waals surface area (Å²) < 4.78 is 1.69. The Hall–Kier alpha value is -1.85. The number of anilines is 1. The van der Waals surface area contributed by atoms with Gasteiger partial charge in [0.15, 0.2) is 5.96 Å². The first-order valence-corrected chi connectivity index (χ1v) is 9.11. The first-order valence-electron chi connectivity index (χ1n) is 9.11. The maximum absolute atomic E-state index is 12.5. The van der Waals surface area contributed by atoms with Gasteiger partial charge >= 0.3 is 0 Å². The van der Waals surface area contributed by atoms with Gasteiger partial charge in [-0.05, 0) is 19.3 Å². The van der Waals surface area contributed by atoms with Gasteiger partial charge in [-0.15, -0.1) is 24.0 Å². The summed E-state index contributed by atoms with van der Waals surface area (Å²) in [5.41, 5.74) is 0.821. The second-order valence-corrected chi connectivity index (χ2v) is 6.76. The molecule has 2 N–H and O–H groups in total. The highest BCUT2D eigenvalue weighted by atomic mass is 127. The zero-order chi connectivity index (χ0) is 18.5. The van der Waals surface area contributed by atoms with E-state index in [0.717, 1.165) is 24.9 Å². The quantitative estimate of drug-likeness (QED) is 0.260. The van der Waals surface area contributed by atoms with Crippen molar-refractivity contribution >= 4 is 47.4 Å². The molecule has 1 saturated heterocycles. The summed E-state index contributed by atoms with van der Waals surface area (Å²) >= 11 is 0. The van der Waals surface area contributed by atoms with E-state index >= 15 is 0 Å². The summed E-state index contributed by atoms with van der Waals surface area (Å²) in [4.78, 5) is 32.1. The topological polar surface area (TPSA) is 94.9 Å². The van der Waals surface area contributed by atoms with Gasteiger partial charge in [-0.25, -0.2) is 0 Å². The Morgan fingerprint density at radius 2 is 2.15 bits per heavy atom. The van der Waals surface area contributed by atoms with Gasteiger partial charge in [0, 0.05) is 52.4 Å². The van der Waals surface area contributed by atoms with Crippen LogP contribution in [0.3, 0.4) is 0 Å². The van der Waals surface area contributed by atoms with Crippen LogP contribution in [0.15, 0.2) is 17.4 Å². The Morgan fingerprint density at radius 1 is 1.37 bits per heavy atom. The molecular formula is C17H28IN7O2. The maximum atomic E-state index is 12.5. The summed E-state index contributed by atoms with van der Waals surface area (Å²) in [6.07, 6.45) is 7.00. The number of guanidine groups is 1. The Balaban J connectivity index is 0.00000261. The number of carbonyl (C=O) groups excluding carboxylic acids is 2. The van der Waals surface area contributed by atoms with Gasteiger partial charge < -0.3 is 20.4 Å². The summed E-state index contributed by atoms with van der Waals surface area (Å²) in [5, 5.41) is 10.4. The van der Waals surface area contributed by atoms with E-state index in [-0.39, 0.29) is 42.3 Å². The third kappa shape index (κ3) is 6.08. The van der Waals surface area contributed by atoms with Crippen molar-refractivity contribution in [1.29, 1.82) is 0 Å². The predicted octanol–water partition coefficient (Wildman–Crippen LogP) is 0.321. The fourth-order valence-corrected chi connectivity index (χ4v) is 2.98. The van der Waals surface area contributed by atoms with Gasteiger partial charge in [0.25, 0.3) is 0 Å². The number of halogens is 1. The minimum atomic E-state index is 0. The highest BCUT2D eigenvalue weighted by molar-refractivity contribution is 14.0. The molecule has 1 aliphatic heterocycles. The Morgan fingerprint density at radius 3 is 2.74 bits per heavy atom. The summed E-state index contributed by atoms with van der Waals surface area (Å²) in [5.74, 6) is 0.840. The highest BCUT2D eigenvalue weighted by Gasteiger charge is 2.27. The molecule has 150 valence electrons. The molecule has 0 atom stereocenters. The molecule has 10 heteroatoms. The molecule has 0 spiro atoms. The van der Waals surface area contributed by atoms with E-state index in [2.05, 4.69) is 20.7 Å². The van der Waals surface area contributed by atoms with E-state index in [1.54, 1.807) is 22.8 Å². The molecule has 0 bridgehead atoms. The number of nitrogens with one attached hydrogen (secondary N) is 2. The average molecular weight is 489 g/mol. The van der Waals surface area contributed by atoms with E-state index in [9.17, 15) is 9.59 Å². The van der Waals surface area contributed by atoms with Crippen molar-refractivity contribution in [1.82, 2.24) is 25.3 Å². The fourth-order valence-electron chi connectivity index (χ4n) is 2.98. The number of nitrogens with zero attached hydrogens (tertiary/aromatic N) is 5. The van der Waals surface area contributed by atoms with E-state index < -0.39 is 0 Å². The lowest BCUT2D eigenvalue weighted by molar-refractivity contribution is -0.121. The molecule has 2 aliphatic rings. The summed E-state index contributed by atoms with van der Waals surface area (Å²) in [6, 6.07) is 0.408. The number of aliphatic imine (C=N–C) groups is 1. The molecule has 0 unspecified atom stereocenters. The number of carbonyl (C=O) groups is 2. The summed E-state index contributed by atoms with van der Waals surface area (Å²) in [6.45, 7) is 2.22. The van der Waals surface area contributed by atoms with Crippen LogP contribution in [0.4, 0.5) is 5.69 Å². The number of rotatable bonds is 6. The predicted molar refractivity (Wildman–Crippen MR) is 114 cm³/mol. The molecule has 2 amide bonds. The van der Waals surface area contributed by atoms with Crippen LogP contribution >= 0.6 is 24.0 Å². The average Bonchev–Trinajstić information content (AvgIpc) is 3.32. The van der Waals surface area contributed by atoms with Crippen molar-refractivity contribution in [2.75, 3.05) is 38.1 Å². The molecule has 1 aromatic rings. The third-order valence-corrected chi connectivity index (χ3v) is 4.54. The van der Waals surface area contributed by atoms with Crippen LogP contribution in [0, 0.1) is 0 Å². The molecule has 9 nitrogen and oxygen atoms in total. The van der Waals surface area contributed by atoms with E-state index in [0.29, 0.717) is 38.1 Å². The van der Waals surface area contributed by atoms with E-state index in [4.69, 9.17) is 0 Å². The molecule has 1 aromatic heterocycles. The second kappa shape index (κ2) is 9.90. The number of piperazine rings is 1. The maximum Gasteiger partial charge on any atom is 0.246 e. The Kier molecular flexibility index (Phi) is 7.87. The van der Waals surface area contributed by atoms with Gasteiger partial charge in [-0.1, -0.05) is 0 Å². The third-order valence-electron chi connectivity index (χ3n) is 4.54. The standard InChI is InChI=1S/C17H27N7O2.HI/c1-18-17(19-7-3-4-15(25)21-13-5-6-13)23-8-9-24(16(26)12-23)14-10-20-22(2)11-14;/h10-11,13H,3-9,12H2,1-2H3,(H,18,19)(H,21,25);1H. The SMILES string of the molecule is CN=C(NCCCC(=O)NC1CC1)N1CCN(c2cnn(C)c2)C(=O)C1.I. The van der Waals surface area contributed by atoms with Gasteiger partial charge in [0.1, 0.15) is 6.54 Å². The van der Waals surface area contributed by atoms with Gasteiger partial charge in [0.2, 0.25) is 11.8 Å².